The molecule has 0 radical (unpaired) electrons. The number of amides is 1. The first-order valence-corrected chi connectivity index (χ1v) is 7.13. The van der Waals surface area contributed by atoms with Crippen LogP contribution in [-0.2, 0) is 11.2 Å². The van der Waals surface area contributed by atoms with Gasteiger partial charge in [0.05, 0.1) is 17.5 Å². The molecule has 98 valence electrons. The van der Waals surface area contributed by atoms with Gasteiger partial charge in [-0.3, -0.25) is 4.79 Å². The Balaban J connectivity index is 1.98. The van der Waals surface area contributed by atoms with E-state index >= 15 is 0 Å². The van der Waals surface area contributed by atoms with Crippen molar-refractivity contribution >= 4 is 22.9 Å². The Morgan fingerprint density at radius 1 is 1.32 bits per heavy atom. The number of hydrogen-bond donors (Lipinski definition) is 0. The molecule has 0 saturated carbocycles. The quantitative estimate of drug-likeness (QED) is 0.842. The zero-order valence-electron chi connectivity index (χ0n) is 10.7. The van der Waals surface area contributed by atoms with E-state index in [1.807, 2.05) is 40.6 Å². The van der Waals surface area contributed by atoms with Gasteiger partial charge >= 0.3 is 0 Å². The maximum Gasteiger partial charge on any atom is 0.268 e. The standard InChI is InChI=1S/C15H15NO2S/c1-18-12-9-11-5-2-3-6-13(11)16(10-12)15(17)14-7-4-8-19-14/h2-8,12H,9-10H2,1H3/t12-/m1/s1. The number of carbonyl (C=O) groups excluding carboxylic acids is 1. The van der Waals surface area contributed by atoms with E-state index in [2.05, 4.69) is 6.07 Å². The van der Waals surface area contributed by atoms with Crippen LogP contribution in [-0.4, -0.2) is 25.7 Å². The first kappa shape index (κ1) is 12.4. The molecule has 1 aromatic carbocycles. The third kappa shape index (κ3) is 2.29. The average molecular weight is 273 g/mol. The average Bonchev–Trinajstić information content (AvgIpc) is 2.99. The lowest BCUT2D eigenvalue weighted by Gasteiger charge is -2.33. The second-order valence-corrected chi connectivity index (χ2v) is 5.53. The SMILES string of the molecule is CO[C@@H]1Cc2ccccc2N(C(=O)c2cccs2)C1. The third-order valence-corrected chi connectivity index (χ3v) is 4.28. The smallest absolute Gasteiger partial charge is 0.268 e. The summed E-state index contributed by atoms with van der Waals surface area (Å²) in [5, 5.41) is 1.93. The van der Waals surface area contributed by atoms with Gasteiger partial charge in [0.2, 0.25) is 0 Å². The van der Waals surface area contributed by atoms with Crippen LogP contribution in [0.4, 0.5) is 5.69 Å². The maximum atomic E-state index is 12.6. The van der Waals surface area contributed by atoms with E-state index in [9.17, 15) is 4.79 Å². The van der Waals surface area contributed by atoms with Crippen LogP contribution in [0.3, 0.4) is 0 Å². The van der Waals surface area contributed by atoms with Crippen LogP contribution >= 0.6 is 11.3 Å². The lowest BCUT2D eigenvalue weighted by atomic mass is 9.99. The summed E-state index contributed by atoms with van der Waals surface area (Å²) in [6, 6.07) is 11.8. The van der Waals surface area contributed by atoms with Crippen LogP contribution in [0.25, 0.3) is 0 Å². The summed E-state index contributed by atoms with van der Waals surface area (Å²) in [4.78, 5) is 15.2. The molecular weight excluding hydrogens is 258 g/mol. The van der Waals surface area contributed by atoms with Crippen LogP contribution in [0.15, 0.2) is 41.8 Å². The van der Waals surface area contributed by atoms with Gasteiger partial charge in [-0.1, -0.05) is 24.3 Å². The van der Waals surface area contributed by atoms with Crippen molar-refractivity contribution in [2.75, 3.05) is 18.6 Å². The molecule has 1 aromatic heterocycles. The molecule has 2 heterocycles. The molecule has 1 aliphatic rings. The molecular formula is C15H15NO2S. The largest absolute Gasteiger partial charge is 0.379 e. The summed E-state index contributed by atoms with van der Waals surface area (Å²) < 4.78 is 5.46. The van der Waals surface area contributed by atoms with Crippen LogP contribution in [0.1, 0.15) is 15.2 Å². The number of ether oxygens (including phenoxy) is 1. The fraction of sp³-hybridized carbons (Fsp3) is 0.267. The molecule has 1 amide bonds. The van der Waals surface area contributed by atoms with E-state index in [0.717, 1.165) is 17.0 Å². The second-order valence-electron chi connectivity index (χ2n) is 4.58. The van der Waals surface area contributed by atoms with Crippen molar-refractivity contribution in [2.45, 2.75) is 12.5 Å². The second kappa shape index (κ2) is 5.15. The molecule has 0 N–H and O–H groups in total. The van der Waals surface area contributed by atoms with Gasteiger partial charge in [-0.05, 0) is 23.1 Å². The van der Waals surface area contributed by atoms with Crippen LogP contribution < -0.4 is 4.90 Å². The van der Waals surface area contributed by atoms with E-state index < -0.39 is 0 Å². The van der Waals surface area contributed by atoms with Crippen molar-refractivity contribution in [1.29, 1.82) is 0 Å². The van der Waals surface area contributed by atoms with E-state index in [0.29, 0.717) is 6.54 Å². The minimum Gasteiger partial charge on any atom is -0.379 e. The zero-order valence-corrected chi connectivity index (χ0v) is 11.5. The number of fused-ring (bicyclic) bond motifs is 1. The summed E-state index contributed by atoms with van der Waals surface area (Å²) in [6.45, 7) is 0.615. The first-order valence-electron chi connectivity index (χ1n) is 6.25. The highest BCUT2D eigenvalue weighted by Gasteiger charge is 2.29. The van der Waals surface area contributed by atoms with Crippen LogP contribution in [0.2, 0.25) is 0 Å². The van der Waals surface area contributed by atoms with E-state index in [1.54, 1.807) is 7.11 Å². The fourth-order valence-corrected chi connectivity index (χ4v) is 3.11. The monoisotopic (exact) mass is 273 g/mol. The summed E-state index contributed by atoms with van der Waals surface area (Å²) in [5.41, 5.74) is 2.18. The number of rotatable bonds is 2. The Labute approximate surface area is 116 Å². The predicted molar refractivity (Wildman–Crippen MR) is 76.9 cm³/mol. The molecule has 0 bridgehead atoms. The Morgan fingerprint density at radius 3 is 2.89 bits per heavy atom. The van der Waals surface area contributed by atoms with Gasteiger partial charge in [0, 0.05) is 19.2 Å². The molecule has 1 aliphatic heterocycles. The van der Waals surface area contributed by atoms with Crippen molar-refractivity contribution in [3.63, 3.8) is 0 Å². The van der Waals surface area contributed by atoms with Crippen LogP contribution in [0.5, 0.6) is 0 Å². The van der Waals surface area contributed by atoms with Crippen molar-refractivity contribution in [3.05, 3.63) is 52.2 Å². The summed E-state index contributed by atoms with van der Waals surface area (Å²) in [5.74, 6) is 0.0594. The number of para-hydroxylation sites is 1. The molecule has 0 spiro atoms. The molecule has 0 fully saturated rings. The van der Waals surface area contributed by atoms with Gasteiger partial charge in [-0.25, -0.2) is 0 Å². The van der Waals surface area contributed by atoms with Gasteiger partial charge in [0.15, 0.2) is 0 Å². The minimum absolute atomic E-state index is 0.0594. The third-order valence-electron chi connectivity index (χ3n) is 3.43. The number of carbonyl (C=O) groups is 1. The number of methoxy groups -OCH3 is 1. The van der Waals surface area contributed by atoms with E-state index in [4.69, 9.17) is 4.74 Å². The van der Waals surface area contributed by atoms with Gasteiger partial charge in [0.1, 0.15) is 0 Å². The van der Waals surface area contributed by atoms with Crippen molar-refractivity contribution in [3.8, 4) is 0 Å². The zero-order chi connectivity index (χ0) is 13.2. The molecule has 19 heavy (non-hydrogen) atoms. The number of benzene rings is 1. The lowest BCUT2D eigenvalue weighted by molar-refractivity contribution is 0.0873. The first-order chi connectivity index (χ1) is 9.29. The molecule has 3 nitrogen and oxygen atoms in total. The Morgan fingerprint density at radius 2 is 2.16 bits per heavy atom. The fourth-order valence-electron chi connectivity index (χ4n) is 2.44. The van der Waals surface area contributed by atoms with Gasteiger partial charge < -0.3 is 9.64 Å². The summed E-state index contributed by atoms with van der Waals surface area (Å²) in [6.07, 6.45) is 0.930. The number of hydrogen-bond acceptors (Lipinski definition) is 3. The Kier molecular flexibility index (Phi) is 3.36. The number of nitrogens with zero attached hydrogens (tertiary/aromatic N) is 1. The highest BCUT2D eigenvalue weighted by molar-refractivity contribution is 7.12. The molecule has 0 unspecified atom stereocenters. The summed E-state index contributed by atoms with van der Waals surface area (Å²) in [7, 11) is 1.70. The van der Waals surface area contributed by atoms with Crippen LogP contribution in [0, 0.1) is 0 Å². The molecule has 0 saturated heterocycles. The van der Waals surface area contributed by atoms with Gasteiger partial charge in [-0.15, -0.1) is 11.3 Å². The normalized spacial score (nSPS) is 18.2. The number of anilines is 1. The minimum atomic E-state index is 0.0594. The van der Waals surface area contributed by atoms with Crippen molar-refractivity contribution in [1.82, 2.24) is 0 Å². The molecule has 4 heteroatoms. The topological polar surface area (TPSA) is 29.5 Å². The van der Waals surface area contributed by atoms with E-state index in [1.165, 1.54) is 16.9 Å². The van der Waals surface area contributed by atoms with E-state index in [-0.39, 0.29) is 12.0 Å². The lowest BCUT2D eigenvalue weighted by Crippen LogP contribution is -2.43. The molecule has 1 atom stereocenters. The highest BCUT2D eigenvalue weighted by atomic mass is 32.1. The molecule has 0 aliphatic carbocycles. The number of thiophene rings is 1. The van der Waals surface area contributed by atoms with Crippen molar-refractivity contribution < 1.29 is 9.53 Å². The molecule has 3 rings (SSSR count). The summed E-state index contributed by atoms with van der Waals surface area (Å²) >= 11 is 1.48. The maximum absolute atomic E-state index is 12.6. The van der Waals surface area contributed by atoms with Gasteiger partial charge in [0.25, 0.3) is 5.91 Å². The van der Waals surface area contributed by atoms with Crippen molar-refractivity contribution in [2.24, 2.45) is 0 Å². The Bertz CT molecular complexity index is 580. The Hall–Kier alpha value is -1.65. The van der Waals surface area contributed by atoms with Gasteiger partial charge in [-0.2, -0.15) is 0 Å². The molecule has 2 aromatic rings. The highest BCUT2D eigenvalue weighted by Crippen LogP contribution is 2.29. The predicted octanol–water partition coefficient (Wildman–Crippen LogP) is 2.97.